The van der Waals surface area contributed by atoms with Crippen LogP contribution < -0.4 is 0 Å². The maximum Gasteiger partial charge on any atom is 0.125 e. The molecule has 0 aliphatic carbocycles. The van der Waals surface area contributed by atoms with Gasteiger partial charge in [-0.1, -0.05) is 35.9 Å². The first-order chi connectivity index (χ1) is 10.6. The minimum Gasteiger partial charge on any atom is -0.507 e. The average molecular weight is 310 g/mol. The van der Waals surface area contributed by atoms with Crippen molar-refractivity contribution in [1.29, 1.82) is 0 Å². The van der Waals surface area contributed by atoms with Crippen LogP contribution >= 0.6 is 11.6 Å². The zero-order valence-corrected chi connectivity index (χ0v) is 12.2. The minimum atomic E-state index is 0.142. The molecule has 0 saturated heterocycles. The lowest BCUT2D eigenvalue weighted by molar-refractivity contribution is 0.476. The molecule has 0 aliphatic heterocycles. The maximum absolute atomic E-state index is 10.2. The highest BCUT2D eigenvalue weighted by Crippen LogP contribution is 2.39. The SMILES string of the molecule is Oc1cc2cc(-c3ccc(Cl)cc3)[nH]c2c2c(O)cccc12. The summed E-state index contributed by atoms with van der Waals surface area (Å²) >= 11 is 5.92. The molecule has 0 amide bonds. The summed E-state index contributed by atoms with van der Waals surface area (Å²) in [5, 5.41) is 23.1. The molecule has 4 aromatic rings. The third-order valence-corrected chi connectivity index (χ3v) is 4.12. The van der Waals surface area contributed by atoms with E-state index in [9.17, 15) is 10.2 Å². The van der Waals surface area contributed by atoms with Gasteiger partial charge in [0.2, 0.25) is 0 Å². The molecule has 0 atom stereocenters. The lowest BCUT2D eigenvalue weighted by Gasteiger charge is -2.04. The van der Waals surface area contributed by atoms with Crippen LogP contribution in [-0.2, 0) is 0 Å². The molecule has 0 fully saturated rings. The first kappa shape index (κ1) is 13.0. The van der Waals surface area contributed by atoms with Gasteiger partial charge in [0.25, 0.3) is 0 Å². The predicted molar refractivity (Wildman–Crippen MR) is 89.6 cm³/mol. The molecule has 0 unspecified atom stereocenters. The van der Waals surface area contributed by atoms with E-state index in [1.54, 1.807) is 24.3 Å². The number of benzene rings is 3. The van der Waals surface area contributed by atoms with Crippen molar-refractivity contribution in [3.05, 3.63) is 59.6 Å². The van der Waals surface area contributed by atoms with E-state index in [0.29, 0.717) is 15.8 Å². The van der Waals surface area contributed by atoms with Gasteiger partial charge in [-0.2, -0.15) is 0 Å². The fourth-order valence-corrected chi connectivity index (χ4v) is 2.94. The van der Waals surface area contributed by atoms with Crippen LogP contribution in [0, 0.1) is 0 Å². The lowest BCUT2D eigenvalue weighted by Crippen LogP contribution is -1.79. The number of aromatic hydroxyl groups is 2. The Bertz CT molecular complexity index is 1000. The highest BCUT2D eigenvalue weighted by Gasteiger charge is 2.12. The molecule has 3 N–H and O–H groups in total. The number of halogens is 1. The number of hydrogen-bond acceptors (Lipinski definition) is 2. The van der Waals surface area contributed by atoms with Crippen LogP contribution in [0.1, 0.15) is 0 Å². The van der Waals surface area contributed by atoms with E-state index in [-0.39, 0.29) is 11.5 Å². The van der Waals surface area contributed by atoms with Gasteiger partial charge in [0.1, 0.15) is 11.5 Å². The monoisotopic (exact) mass is 309 g/mol. The van der Waals surface area contributed by atoms with Gasteiger partial charge >= 0.3 is 0 Å². The second kappa shape index (κ2) is 4.68. The number of H-pyrrole nitrogens is 1. The minimum absolute atomic E-state index is 0.142. The van der Waals surface area contributed by atoms with Gasteiger partial charge in [-0.25, -0.2) is 0 Å². The summed E-state index contributed by atoms with van der Waals surface area (Å²) in [7, 11) is 0. The normalized spacial score (nSPS) is 11.3. The van der Waals surface area contributed by atoms with E-state index < -0.39 is 0 Å². The molecule has 0 radical (unpaired) electrons. The van der Waals surface area contributed by atoms with E-state index in [1.807, 2.05) is 30.3 Å². The van der Waals surface area contributed by atoms with Gasteiger partial charge in [0, 0.05) is 21.5 Å². The first-order valence-corrected chi connectivity index (χ1v) is 7.23. The number of aromatic amines is 1. The van der Waals surface area contributed by atoms with Crippen LogP contribution in [0.4, 0.5) is 0 Å². The Hall–Kier alpha value is -2.65. The molecule has 0 aliphatic rings. The molecule has 1 aromatic heterocycles. The Morgan fingerprint density at radius 1 is 0.864 bits per heavy atom. The Balaban J connectivity index is 2.05. The second-order valence-electron chi connectivity index (χ2n) is 5.25. The molecule has 4 heteroatoms. The maximum atomic E-state index is 10.2. The van der Waals surface area contributed by atoms with Crippen molar-refractivity contribution in [3.63, 3.8) is 0 Å². The van der Waals surface area contributed by atoms with E-state index in [4.69, 9.17) is 11.6 Å². The van der Waals surface area contributed by atoms with Gasteiger partial charge < -0.3 is 15.2 Å². The Morgan fingerprint density at radius 2 is 1.64 bits per heavy atom. The number of aromatic nitrogens is 1. The first-order valence-electron chi connectivity index (χ1n) is 6.86. The number of nitrogens with one attached hydrogen (secondary N) is 1. The summed E-state index contributed by atoms with van der Waals surface area (Å²) in [6.07, 6.45) is 0. The van der Waals surface area contributed by atoms with E-state index >= 15 is 0 Å². The summed E-state index contributed by atoms with van der Waals surface area (Å²) in [6.45, 7) is 0. The lowest BCUT2D eigenvalue weighted by atomic mass is 10.1. The van der Waals surface area contributed by atoms with Gasteiger partial charge in [0.05, 0.1) is 10.9 Å². The summed E-state index contributed by atoms with van der Waals surface area (Å²) in [5.41, 5.74) is 2.70. The highest BCUT2D eigenvalue weighted by atomic mass is 35.5. The van der Waals surface area contributed by atoms with Crippen molar-refractivity contribution in [2.45, 2.75) is 0 Å². The van der Waals surface area contributed by atoms with Gasteiger partial charge in [-0.3, -0.25) is 0 Å². The standard InChI is InChI=1S/C18H12ClNO2/c19-12-6-4-10(5-7-12)14-8-11-9-16(22)13-2-1-3-15(21)17(13)18(11)20-14/h1-9,20-22H. The summed E-state index contributed by atoms with van der Waals surface area (Å²) in [6, 6.07) is 16.3. The van der Waals surface area contributed by atoms with E-state index in [0.717, 1.165) is 22.2 Å². The predicted octanol–water partition coefficient (Wildman–Crippen LogP) is 5.05. The van der Waals surface area contributed by atoms with Crippen molar-refractivity contribution in [1.82, 2.24) is 4.98 Å². The highest BCUT2D eigenvalue weighted by molar-refractivity contribution is 6.30. The topological polar surface area (TPSA) is 56.2 Å². The molecule has 0 spiro atoms. The molecule has 0 saturated carbocycles. The third-order valence-electron chi connectivity index (χ3n) is 3.86. The van der Waals surface area contributed by atoms with Crippen LogP contribution in [0.25, 0.3) is 32.9 Å². The van der Waals surface area contributed by atoms with Crippen molar-refractivity contribution >= 4 is 33.3 Å². The number of phenolic OH excluding ortho intramolecular Hbond substituents is 2. The summed E-state index contributed by atoms with van der Waals surface area (Å²) < 4.78 is 0. The van der Waals surface area contributed by atoms with Crippen molar-refractivity contribution in [3.8, 4) is 22.8 Å². The van der Waals surface area contributed by atoms with Crippen LogP contribution in [0.3, 0.4) is 0 Å². The van der Waals surface area contributed by atoms with Crippen LogP contribution in [0.5, 0.6) is 11.5 Å². The third kappa shape index (κ3) is 1.90. The Morgan fingerprint density at radius 3 is 2.41 bits per heavy atom. The quantitative estimate of drug-likeness (QED) is 0.460. The van der Waals surface area contributed by atoms with Crippen LogP contribution in [-0.4, -0.2) is 15.2 Å². The van der Waals surface area contributed by atoms with E-state index in [2.05, 4.69) is 4.98 Å². The van der Waals surface area contributed by atoms with Crippen LogP contribution in [0.15, 0.2) is 54.6 Å². The molecule has 1 heterocycles. The molecule has 4 rings (SSSR count). The fourth-order valence-electron chi connectivity index (χ4n) is 2.82. The van der Waals surface area contributed by atoms with Crippen molar-refractivity contribution < 1.29 is 10.2 Å². The van der Waals surface area contributed by atoms with E-state index in [1.165, 1.54) is 0 Å². The Kier molecular flexibility index (Phi) is 2.78. The zero-order chi connectivity index (χ0) is 15.3. The largest absolute Gasteiger partial charge is 0.507 e. The Labute approximate surface area is 131 Å². The molecular weight excluding hydrogens is 298 g/mol. The number of fused-ring (bicyclic) bond motifs is 3. The number of phenols is 2. The molecule has 3 aromatic carbocycles. The smallest absolute Gasteiger partial charge is 0.125 e. The number of rotatable bonds is 1. The number of hydrogen-bond donors (Lipinski definition) is 3. The molecule has 3 nitrogen and oxygen atoms in total. The molecule has 22 heavy (non-hydrogen) atoms. The zero-order valence-electron chi connectivity index (χ0n) is 11.5. The van der Waals surface area contributed by atoms with Crippen molar-refractivity contribution in [2.75, 3.05) is 0 Å². The van der Waals surface area contributed by atoms with Crippen LogP contribution in [0.2, 0.25) is 5.02 Å². The molecule has 0 bridgehead atoms. The van der Waals surface area contributed by atoms with Gasteiger partial charge in [0.15, 0.2) is 0 Å². The molecule has 108 valence electrons. The molecular formula is C18H12ClNO2. The van der Waals surface area contributed by atoms with Crippen molar-refractivity contribution in [2.24, 2.45) is 0 Å². The van der Waals surface area contributed by atoms with Gasteiger partial charge in [-0.15, -0.1) is 0 Å². The summed E-state index contributed by atoms with van der Waals surface area (Å²) in [5.74, 6) is 0.294. The second-order valence-corrected chi connectivity index (χ2v) is 5.69. The fraction of sp³-hybridized carbons (Fsp3) is 0. The summed E-state index contributed by atoms with van der Waals surface area (Å²) in [4.78, 5) is 3.33. The average Bonchev–Trinajstić information content (AvgIpc) is 2.92. The van der Waals surface area contributed by atoms with Gasteiger partial charge in [-0.05, 0) is 35.9 Å².